The third-order valence-electron chi connectivity index (χ3n) is 4.27. The smallest absolute Gasteiger partial charge is 0.409 e. The number of hydrogen-bond acceptors (Lipinski definition) is 4. The molecule has 6 heteroatoms. The van der Waals surface area contributed by atoms with E-state index in [1.54, 1.807) is 6.92 Å². The van der Waals surface area contributed by atoms with Gasteiger partial charge < -0.3 is 14.8 Å². The lowest BCUT2D eigenvalue weighted by atomic mass is 9.88. The van der Waals surface area contributed by atoms with Crippen molar-refractivity contribution in [2.75, 3.05) is 7.05 Å². The second kappa shape index (κ2) is 7.43. The molecule has 1 N–H and O–H groups in total. The van der Waals surface area contributed by atoms with Crippen molar-refractivity contribution >= 4 is 27.8 Å². The van der Waals surface area contributed by atoms with Gasteiger partial charge in [-0.2, -0.15) is 0 Å². The summed E-state index contributed by atoms with van der Waals surface area (Å²) in [5.41, 5.74) is 1.58. The SMILES string of the molecule is CNC(=O)O[C@@H]1C=CC(=O)[C@](C)(c2ccc(-c3ccc(Br)cc3)cc2)O1. The highest BCUT2D eigenvalue weighted by atomic mass is 79.9. The molecule has 0 bridgehead atoms. The predicted molar refractivity (Wildman–Crippen MR) is 101 cm³/mol. The Balaban J connectivity index is 1.84. The molecule has 3 rings (SSSR count). The summed E-state index contributed by atoms with van der Waals surface area (Å²) in [6, 6.07) is 15.6. The van der Waals surface area contributed by atoms with Gasteiger partial charge >= 0.3 is 6.09 Å². The van der Waals surface area contributed by atoms with Gasteiger partial charge in [0.15, 0.2) is 11.4 Å². The molecule has 0 radical (unpaired) electrons. The first-order valence-electron chi connectivity index (χ1n) is 8.07. The molecule has 0 spiro atoms. The van der Waals surface area contributed by atoms with Crippen molar-refractivity contribution in [2.24, 2.45) is 0 Å². The largest absolute Gasteiger partial charge is 0.416 e. The Morgan fingerprint density at radius 3 is 2.27 bits per heavy atom. The van der Waals surface area contributed by atoms with Gasteiger partial charge in [0.2, 0.25) is 6.29 Å². The lowest BCUT2D eigenvalue weighted by Crippen LogP contribution is -2.43. The van der Waals surface area contributed by atoms with Crippen molar-refractivity contribution in [3.8, 4) is 11.1 Å². The van der Waals surface area contributed by atoms with Gasteiger partial charge in [-0.1, -0.05) is 52.3 Å². The van der Waals surface area contributed by atoms with Gasteiger partial charge in [0.1, 0.15) is 0 Å². The molecule has 2 aromatic rings. The summed E-state index contributed by atoms with van der Waals surface area (Å²) >= 11 is 3.42. The van der Waals surface area contributed by atoms with Gasteiger partial charge in [-0.15, -0.1) is 0 Å². The molecule has 2 aromatic carbocycles. The number of benzene rings is 2. The molecule has 0 fully saturated rings. The van der Waals surface area contributed by atoms with Gasteiger partial charge in [0, 0.05) is 11.5 Å². The van der Waals surface area contributed by atoms with Crippen LogP contribution in [0.25, 0.3) is 11.1 Å². The van der Waals surface area contributed by atoms with Crippen LogP contribution < -0.4 is 5.32 Å². The van der Waals surface area contributed by atoms with E-state index >= 15 is 0 Å². The fraction of sp³-hybridized carbons (Fsp3) is 0.200. The van der Waals surface area contributed by atoms with E-state index in [0.717, 1.165) is 15.6 Å². The molecular formula is C20H18BrNO4. The molecule has 5 nitrogen and oxygen atoms in total. The van der Waals surface area contributed by atoms with Crippen LogP contribution >= 0.6 is 15.9 Å². The van der Waals surface area contributed by atoms with E-state index in [2.05, 4.69) is 21.2 Å². The van der Waals surface area contributed by atoms with Crippen LogP contribution in [0.4, 0.5) is 4.79 Å². The van der Waals surface area contributed by atoms with E-state index in [9.17, 15) is 9.59 Å². The quantitative estimate of drug-likeness (QED) is 0.816. The van der Waals surface area contributed by atoms with E-state index in [1.807, 2.05) is 48.5 Å². The van der Waals surface area contributed by atoms with E-state index < -0.39 is 18.0 Å². The number of hydrogen-bond donors (Lipinski definition) is 1. The normalized spacial score (nSPS) is 22.1. The molecule has 0 unspecified atom stereocenters. The van der Waals surface area contributed by atoms with Gasteiger partial charge in [-0.05, 0) is 47.9 Å². The van der Waals surface area contributed by atoms with Crippen LogP contribution in [0.1, 0.15) is 12.5 Å². The van der Waals surface area contributed by atoms with Crippen molar-refractivity contribution in [1.82, 2.24) is 5.32 Å². The summed E-state index contributed by atoms with van der Waals surface area (Å²) in [6.45, 7) is 1.67. The molecule has 1 amide bonds. The van der Waals surface area contributed by atoms with Crippen LogP contribution in [0.3, 0.4) is 0 Å². The Labute approximate surface area is 160 Å². The van der Waals surface area contributed by atoms with Crippen molar-refractivity contribution in [3.05, 3.63) is 70.7 Å². The zero-order chi connectivity index (χ0) is 18.7. The minimum Gasteiger partial charge on any atom is -0.416 e. The van der Waals surface area contributed by atoms with Crippen molar-refractivity contribution in [2.45, 2.75) is 18.8 Å². The monoisotopic (exact) mass is 415 g/mol. The fourth-order valence-corrected chi connectivity index (χ4v) is 2.98. The number of rotatable bonds is 3. The van der Waals surface area contributed by atoms with Gasteiger partial charge in [0.25, 0.3) is 0 Å². The zero-order valence-corrected chi connectivity index (χ0v) is 15.9. The summed E-state index contributed by atoms with van der Waals surface area (Å²) < 4.78 is 11.9. The lowest BCUT2D eigenvalue weighted by molar-refractivity contribution is -0.177. The molecule has 2 atom stereocenters. The lowest BCUT2D eigenvalue weighted by Gasteiger charge is -2.33. The Morgan fingerprint density at radius 2 is 1.69 bits per heavy atom. The molecule has 0 aromatic heterocycles. The number of amides is 1. The summed E-state index contributed by atoms with van der Waals surface area (Å²) in [5.74, 6) is -0.203. The molecule has 1 aliphatic heterocycles. The van der Waals surface area contributed by atoms with E-state index in [4.69, 9.17) is 9.47 Å². The van der Waals surface area contributed by atoms with Gasteiger partial charge in [-0.3, -0.25) is 4.79 Å². The molecular weight excluding hydrogens is 398 g/mol. The maximum Gasteiger partial charge on any atom is 0.409 e. The molecule has 1 heterocycles. The summed E-state index contributed by atoms with van der Waals surface area (Å²) in [7, 11) is 1.46. The molecule has 26 heavy (non-hydrogen) atoms. The Morgan fingerprint density at radius 1 is 1.12 bits per heavy atom. The van der Waals surface area contributed by atoms with Crippen LogP contribution in [-0.2, 0) is 19.9 Å². The maximum atomic E-state index is 12.4. The number of carbonyl (C=O) groups excluding carboxylic acids is 2. The number of nitrogens with one attached hydrogen (secondary N) is 1. The van der Waals surface area contributed by atoms with Crippen LogP contribution in [0, 0.1) is 0 Å². The predicted octanol–water partition coefficient (Wildman–Crippen LogP) is 4.17. The van der Waals surface area contributed by atoms with Crippen LogP contribution in [0.15, 0.2) is 65.2 Å². The standard InChI is InChI=1S/C20H18BrNO4/c1-20(17(23)11-12-18(26-20)25-19(24)22-2)15-7-3-13(4-8-15)14-5-9-16(21)10-6-14/h3-12,18H,1-2H3,(H,22,24)/t18-,20-/m0/s1. The van der Waals surface area contributed by atoms with Crippen molar-refractivity contribution in [1.29, 1.82) is 0 Å². The summed E-state index contributed by atoms with van der Waals surface area (Å²) in [5, 5.41) is 2.36. The average molecular weight is 416 g/mol. The average Bonchev–Trinajstić information content (AvgIpc) is 2.65. The van der Waals surface area contributed by atoms with Gasteiger partial charge in [0.05, 0.1) is 0 Å². The highest BCUT2D eigenvalue weighted by molar-refractivity contribution is 9.10. The molecule has 0 aliphatic carbocycles. The second-order valence-corrected chi connectivity index (χ2v) is 6.90. The molecule has 0 saturated heterocycles. The van der Waals surface area contributed by atoms with Crippen LogP contribution in [0.2, 0.25) is 0 Å². The molecule has 1 aliphatic rings. The molecule has 0 saturated carbocycles. The number of carbonyl (C=O) groups is 2. The maximum absolute atomic E-state index is 12.4. The third kappa shape index (κ3) is 3.71. The van der Waals surface area contributed by atoms with Gasteiger partial charge in [-0.25, -0.2) is 4.79 Å². The Hall–Kier alpha value is -2.44. The second-order valence-electron chi connectivity index (χ2n) is 5.98. The van der Waals surface area contributed by atoms with Crippen molar-refractivity contribution < 1.29 is 19.1 Å². The number of halogens is 1. The van der Waals surface area contributed by atoms with Crippen molar-refractivity contribution in [3.63, 3.8) is 0 Å². The van der Waals surface area contributed by atoms with E-state index in [0.29, 0.717) is 5.56 Å². The minimum atomic E-state index is -1.22. The number of alkyl carbamates (subject to hydrolysis) is 1. The number of ketones is 1. The highest BCUT2D eigenvalue weighted by Crippen LogP contribution is 2.33. The minimum absolute atomic E-state index is 0.203. The topological polar surface area (TPSA) is 64.6 Å². The van der Waals surface area contributed by atoms with E-state index in [1.165, 1.54) is 19.2 Å². The Bertz CT molecular complexity index is 845. The van der Waals surface area contributed by atoms with E-state index in [-0.39, 0.29) is 5.78 Å². The third-order valence-corrected chi connectivity index (χ3v) is 4.80. The first kappa shape index (κ1) is 18.4. The highest BCUT2D eigenvalue weighted by Gasteiger charge is 2.40. The van der Waals surface area contributed by atoms with Crippen LogP contribution in [-0.4, -0.2) is 25.2 Å². The fourth-order valence-electron chi connectivity index (χ4n) is 2.72. The Kier molecular flexibility index (Phi) is 5.25. The summed E-state index contributed by atoms with van der Waals surface area (Å²) in [4.78, 5) is 23.8. The first-order valence-corrected chi connectivity index (χ1v) is 8.87. The zero-order valence-electron chi connectivity index (χ0n) is 14.4. The first-order chi connectivity index (χ1) is 12.4. The summed E-state index contributed by atoms with van der Waals surface area (Å²) in [6.07, 6.45) is 1.26. The molecule has 134 valence electrons. The number of ether oxygens (including phenoxy) is 2. The van der Waals surface area contributed by atoms with Crippen LogP contribution in [0.5, 0.6) is 0 Å².